The van der Waals surface area contributed by atoms with Crippen LogP contribution in [0.15, 0.2) is 22.7 Å². The Morgan fingerprint density at radius 3 is 2.57 bits per heavy atom. The number of nitrogens with one attached hydrogen (secondary N) is 2. The van der Waals surface area contributed by atoms with Gasteiger partial charge in [0.25, 0.3) is 0 Å². The maximum atomic E-state index is 11.9. The van der Waals surface area contributed by atoms with Crippen LogP contribution < -0.4 is 10.6 Å². The Bertz CT molecular complexity index is 584. The molecule has 8 heteroatoms. The van der Waals surface area contributed by atoms with Crippen LogP contribution in [-0.4, -0.2) is 38.9 Å². The number of hydrogen-bond acceptors (Lipinski definition) is 3. The van der Waals surface area contributed by atoms with E-state index < -0.39 is 22.8 Å². The molecule has 114 valence electrons. The number of aromatic carboxylic acids is 1. The topological polar surface area (TPSA) is 95.5 Å². The predicted octanol–water partition coefficient (Wildman–Crippen LogP) is 2.18. The van der Waals surface area contributed by atoms with Crippen LogP contribution in [-0.2, 0) is 10.8 Å². The van der Waals surface area contributed by atoms with E-state index in [0.29, 0.717) is 28.8 Å². The van der Waals surface area contributed by atoms with Crippen LogP contribution in [0.5, 0.6) is 0 Å². The molecule has 1 saturated heterocycles. The molecule has 0 bridgehead atoms. The zero-order chi connectivity index (χ0) is 15.4. The van der Waals surface area contributed by atoms with Crippen molar-refractivity contribution in [2.45, 2.75) is 18.9 Å². The third-order valence-corrected chi connectivity index (χ3v) is 5.06. The van der Waals surface area contributed by atoms with Gasteiger partial charge in [-0.1, -0.05) is 15.9 Å². The van der Waals surface area contributed by atoms with E-state index in [-0.39, 0.29) is 17.3 Å². The second-order valence-corrected chi connectivity index (χ2v) is 7.33. The van der Waals surface area contributed by atoms with Crippen molar-refractivity contribution in [2.75, 3.05) is 16.8 Å². The Morgan fingerprint density at radius 2 is 1.95 bits per heavy atom. The van der Waals surface area contributed by atoms with E-state index in [1.165, 1.54) is 6.07 Å². The van der Waals surface area contributed by atoms with Crippen molar-refractivity contribution >= 4 is 44.4 Å². The summed E-state index contributed by atoms with van der Waals surface area (Å²) in [5.74, 6) is 0.0654. The van der Waals surface area contributed by atoms with Crippen molar-refractivity contribution < 1.29 is 18.9 Å². The molecule has 0 aliphatic carbocycles. The molecule has 0 atom stereocenters. The summed E-state index contributed by atoms with van der Waals surface area (Å²) in [5.41, 5.74) is 0.256. The quantitative estimate of drug-likeness (QED) is 0.755. The molecule has 6 nitrogen and oxygen atoms in total. The average Bonchev–Trinajstić information content (AvgIpc) is 2.41. The molecule has 1 aliphatic heterocycles. The summed E-state index contributed by atoms with van der Waals surface area (Å²) in [6, 6.07) is 4.09. The van der Waals surface area contributed by atoms with E-state index in [1.807, 2.05) is 0 Å². The van der Waals surface area contributed by atoms with Gasteiger partial charge in [-0.2, -0.15) is 0 Å². The molecule has 0 aromatic heterocycles. The summed E-state index contributed by atoms with van der Waals surface area (Å²) >= 11 is 3.24. The molecule has 21 heavy (non-hydrogen) atoms. The van der Waals surface area contributed by atoms with Crippen molar-refractivity contribution in [2.24, 2.45) is 0 Å². The second kappa shape index (κ2) is 7.04. The fourth-order valence-corrected chi connectivity index (χ4v) is 3.75. The highest BCUT2D eigenvalue weighted by Crippen LogP contribution is 2.21. The number of carboxylic acids is 1. The number of rotatable bonds is 3. The summed E-state index contributed by atoms with van der Waals surface area (Å²) in [7, 11) is -0.782. The normalized spacial score (nSPS) is 21.6. The van der Waals surface area contributed by atoms with Crippen LogP contribution in [0.4, 0.5) is 10.5 Å². The van der Waals surface area contributed by atoms with E-state index in [9.17, 15) is 13.8 Å². The zero-order valence-corrected chi connectivity index (χ0v) is 13.5. The minimum Gasteiger partial charge on any atom is -0.478 e. The minimum absolute atomic E-state index is 0.0249. The van der Waals surface area contributed by atoms with E-state index in [1.54, 1.807) is 12.1 Å². The van der Waals surface area contributed by atoms with Gasteiger partial charge in [-0.05, 0) is 31.0 Å². The molecular formula is C13H15BrN2O4S. The van der Waals surface area contributed by atoms with Crippen molar-refractivity contribution in [3.63, 3.8) is 0 Å². The molecule has 1 aliphatic rings. The molecule has 2 amide bonds. The Kier molecular flexibility index (Phi) is 5.35. The maximum absolute atomic E-state index is 11.9. The summed E-state index contributed by atoms with van der Waals surface area (Å²) < 4.78 is 11.9. The van der Waals surface area contributed by atoms with Crippen molar-refractivity contribution in [3.8, 4) is 0 Å². The molecule has 3 N–H and O–H groups in total. The number of carbonyl (C=O) groups is 2. The third kappa shape index (κ3) is 4.53. The van der Waals surface area contributed by atoms with Crippen molar-refractivity contribution in [1.29, 1.82) is 0 Å². The van der Waals surface area contributed by atoms with E-state index >= 15 is 0 Å². The Morgan fingerprint density at radius 1 is 1.29 bits per heavy atom. The van der Waals surface area contributed by atoms with Crippen LogP contribution in [0.3, 0.4) is 0 Å². The number of anilines is 1. The first-order valence-electron chi connectivity index (χ1n) is 6.41. The lowest BCUT2D eigenvalue weighted by atomic mass is 10.1. The third-order valence-electron chi connectivity index (χ3n) is 3.18. The molecule has 1 aromatic carbocycles. The molecule has 0 saturated carbocycles. The number of halogens is 1. The molecule has 0 spiro atoms. The summed E-state index contributed by atoms with van der Waals surface area (Å²) in [4.78, 5) is 23.1. The lowest BCUT2D eigenvalue weighted by molar-refractivity contribution is 0.0698. The lowest BCUT2D eigenvalue weighted by Gasteiger charge is -2.22. The average molecular weight is 375 g/mol. The molecule has 0 radical (unpaired) electrons. The predicted molar refractivity (Wildman–Crippen MR) is 84.2 cm³/mol. The number of amides is 2. The highest BCUT2D eigenvalue weighted by atomic mass is 79.9. The monoisotopic (exact) mass is 374 g/mol. The first kappa shape index (κ1) is 16.0. The van der Waals surface area contributed by atoms with Gasteiger partial charge in [0.2, 0.25) is 0 Å². The van der Waals surface area contributed by atoms with E-state index in [4.69, 9.17) is 5.11 Å². The highest BCUT2D eigenvalue weighted by Gasteiger charge is 2.20. The highest BCUT2D eigenvalue weighted by molar-refractivity contribution is 9.10. The number of carboxylic acid groups (broad SMARTS) is 1. The molecule has 1 heterocycles. The van der Waals surface area contributed by atoms with Crippen molar-refractivity contribution in [3.05, 3.63) is 28.2 Å². The van der Waals surface area contributed by atoms with Gasteiger partial charge < -0.3 is 15.7 Å². The molecule has 1 aromatic rings. The van der Waals surface area contributed by atoms with Crippen LogP contribution in [0.1, 0.15) is 23.2 Å². The molecular weight excluding hydrogens is 360 g/mol. The van der Waals surface area contributed by atoms with Crippen LogP contribution in [0.25, 0.3) is 0 Å². The largest absolute Gasteiger partial charge is 0.478 e. The summed E-state index contributed by atoms with van der Waals surface area (Å²) in [6.45, 7) is 0. The van der Waals surface area contributed by atoms with Crippen LogP contribution >= 0.6 is 15.9 Å². The Hall–Kier alpha value is -1.41. The van der Waals surface area contributed by atoms with Gasteiger partial charge in [0.05, 0.1) is 11.3 Å². The summed E-state index contributed by atoms with van der Waals surface area (Å²) in [5, 5.41) is 14.4. The number of hydrogen-bond donors (Lipinski definition) is 3. The first-order valence-corrected chi connectivity index (χ1v) is 8.69. The lowest BCUT2D eigenvalue weighted by Crippen LogP contribution is -2.41. The van der Waals surface area contributed by atoms with E-state index in [0.717, 1.165) is 0 Å². The summed E-state index contributed by atoms with van der Waals surface area (Å²) in [6.07, 6.45) is 1.34. The minimum atomic E-state index is -1.11. The van der Waals surface area contributed by atoms with Gasteiger partial charge in [0.1, 0.15) is 0 Å². The molecule has 1 fully saturated rings. The Balaban J connectivity index is 2.01. The van der Waals surface area contributed by atoms with E-state index in [2.05, 4.69) is 26.6 Å². The van der Waals surface area contributed by atoms with Gasteiger partial charge in [-0.3, -0.25) is 4.21 Å². The zero-order valence-electron chi connectivity index (χ0n) is 11.1. The van der Waals surface area contributed by atoms with Gasteiger partial charge in [-0.15, -0.1) is 0 Å². The van der Waals surface area contributed by atoms with Crippen LogP contribution in [0.2, 0.25) is 0 Å². The number of carbonyl (C=O) groups excluding carboxylic acids is 1. The smallest absolute Gasteiger partial charge is 0.337 e. The maximum Gasteiger partial charge on any atom is 0.337 e. The first-order chi connectivity index (χ1) is 9.95. The molecule has 0 unspecified atom stereocenters. The number of urea groups is 1. The van der Waals surface area contributed by atoms with Gasteiger partial charge in [-0.25, -0.2) is 9.59 Å². The number of benzene rings is 1. The van der Waals surface area contributed by atoms with Crippen LogP contribution in [0, 0.1) is 0 Å². The van der Waals surface area contributed by atoms with Crippen molar-refractivity contribution in [1.82, 2.24) is 5.32 Å². The fourth-order valence-electron chi connectivity index (χ4n) is 2.09. The van der Waals surface area contributed by atoms with Gasteiger partial charge >= 0.3 is 12.0 Å². The standard InChI is InChI=1S/C13H15BrN2O4S/c14-8-1-2-10(12(17)18)11(7-8)16-13(19)15-9-3-5-21(20)6-4-9/h1-2,7,9H,3-6H2,(H,17,18)(H2,15,16,19). The second-order valence-electron chi connectivity index (χ2n) is 4.72. The van der Waals surface area contributed by atoms with Gasteiger partial charge in [0, 0.05) is 32.8 Å². The Labute approximate surface area is 132 Å². The SMILES string of the molecule is O=C(Nc1cc(Br)ccc1C(=O)O)NC1CCS(=O)CC1. The molecule has 2 rings (SSSR count). The van der Waals surface area contributed by atoms with Gasteiger partial charge in [0.15, 0.2) is 0 Å². The fraction of sp³-hybridized carbons (Fsp3) is 0.385.